The van der Waals surface area contributed by atoms with Crippen LogP contribution in [0.4, 0.5) is 0 Å². The van der Waals surface area contributed by atoms with Crippen LogP contribution in [0.3, 0.4) is 0 Å². The van der Waals surface area contributed by atoms with Crippen LogP contribution in [0.5, 0.6) is 0 Å². The molecular formula is C7H13NO. The summed E-state index contributed by atoms with van der Waals surface area (Å²) < 4.78 is 0. The Morgan fingerprint density at radius 2 is 2.22 bits per heavy atom. The minimum absolute atomic E-state index is 0.147. The third-order valence-corrected chi connectivity index (χ3v) is 1.98. The van der Waals surface area contributed by atoms with Crippen molar-refractivity contribution in [2.45, 2.75) is 32.2 Å². The van der Waals surface area contributed by atoms with Crippen molar-refractivity contribution >= 4 is 5.78 Å². The van der Waals surface area contributed by atoms with Crippen LogP contribution in [-0.2, 0) is 4.79 Å². The molecule has 0 heterocycles. The minimum atomic E-state index is 0.147. The second kappa shape index (κ2) is 2.48. The number of carbonyl (C=O) groups is 1. The van der Waals surface area contributed by atoms with Gasteiger partial charge in [0.1, 0.15) is 5.78 Å². The van der Waals surface area contributed by atoms with Crippen molar-refractivity contribution in [3.05, 3.63) is 0 Å². The lowest BCUT2D eigenvalue weighted by molar-refractivity contribution is -0.124. The Hall–Kier alpha value is -0.370. The van der Waals surface area contributed by atoms with Crippen molar-refractivity contribution in [2.75, 3.05) is 0 Å². The van der Waals surface area contributed by atoms with Gasteiger partial charge in [-0.2, -0.15) is 0 Å². The third kappa shape index (κ3) is 1.52. The summed E-state index contributed by atoms with van der Waals surface area (Å²) in [4.78, 5) is 10.9. The van der Waals surface area contributed by atoms with Crippen LogP contribution in [0.2, 0.25) is 0 Å². The number of rotatable bonds is 0. The van der Waals surface area contributed by atoms with Crippen molar-refractivity contribution in [3.63, 3.8) is 0 Å². The zero-order valence-corrected chi connectivity index (χ0v) is 5.76. The van der Waals surface area contributed by atoms with E-state index < -0.39 is 0 Å². The minimum Gasteiger partial charge on any atom is -0.327 e. The summed E-state index contributed by atoms with van der Waals surface area (Å²) >= 11 is 0. The van der Waals surface area contributed by atoms with E-state index in [4.69, 9.17) is 5.73 Å². The summed E-state index contributed by atoms with van der Waals surface area (Å²) in [5, 5.41) is 0. The monoisotopic (exact) mass is 127 g/mol. The van der Waals surface area contributed by atoms with Crippen LogP contribution < -0.4 is 5.73 Å². The Bertz CT molecular complexity index is 122. The molecule has 1 rings (SSSR count). The first kappa shape index (κ1) is 6.75. The Morgan fingerprint density at radius 1 is 1.56 bits per heavy atom. The largest absolute Gasteiger partial charge is 0.327 e. The third-order valence-electron chi connectivity index (χ3n) is 1.98. The number of nitrogens with two attached hydrogens (primary N) is 1. The molecule has 1 saturated carbocycles. The maximum Gasteiger partial charge on any atom is 0.137 e. The smallest absolute Gasteiger partial charge is 0.137 e. The Labute approximate surface area is 55.4 Å². The summed E-state index contributed by atoms with van der Waals surface area (Å²) in [5.74, 6) is 0.610. The molecule has 2 nitrogen and oxygen atoms in total. The summed E-state index contributed by atoms with van der Waals surface area (Å²) in [6, 6.07) is 0.147. The molecule has 1 aliphatic rings. The predicted molar refractivity (Wildman–Crippen MR) is 36.0 cm³/mol. The van der Waals surface area contributed by atoms with Crippen molar-refractivity contribution in [1.29, 1.82) is 0 Å². The number of hydrogen-bond acceptors (Lipinski definition) is 2. The molecular weight excluding hydrogens is 114 g/mol. The SMILES string of the molecule is CC1CCC(N)CC1=O. The van der Waals surface area contributed by atoms with E-state index in [9.17, 15) is 4.79 Å². The van der Waals surface area contributed by atoms with Crippen LogP contribution in [-0.4, -0.2) is 11.8 Å². The first-order valence-electron chi connectivity index (χ1n) is 3.48. The molecule has 0 saturated heterocycles. The Kier molecular flexibility index (Phi) is 1.86. The van der Waals surface area contributed by atoms with E-state index in [0.29, 0.717) is 12.2 Å². The van der Waals surface area contributed by atoms with Crippen LogP contribution in [0.1, 0.15) is 26.2 Å². The van der Waals surface area contributed by atoms with Crippen molar-refractivity contribution in [2.24, 2.45) is 11.7 Å². The fraction of sp³-hybridized carbons (Fsp3) is 0.857. The Morgan fingerprint density at radius 3 is 2.67 bits per heavy atom. The van der Waals surface area contributed by atoms with E-state index in [2.05, 4.69) is 0 Å². The molecule has 2 unspecified atom stereocenters. The average Bonchev–Trinajstić information content (AvgIpc) is 1.80. The van der Waals surface area contributed by atoms with Gasteiger partial charge in [-0.1, -0.05) is 6.92 Å². The normalized spacial score (nSPS) is 36.9. The molecule has 1 fully saturated rings. The maximum atomic E-state index is 10.9. The van der Waals surface area contributed by atoms with Crippen LogP contribution in [0, 0.1) is 5.92 Å². The predicted octanol–water partition coefficient (Wildman–Crippen LogP) is 0.703. The maximum absolute atomic E-state index is 10.9. The highest BCUT2D eigenvalue weighted by Gasteiger charge is 2.22. The number of Topliss-reactive ketones (excluding diaryl/α,β-unsaturated/α-hetero) is 1. The van der Waals surface area contributed by atoms with Crippen LogP contribution in [0.15, 0.2) is 0 Å². The first-order chi connectivity index (χ1) is 4.20. The highest BCUT2D eigenvalue weighted by molar-refractivity contribution is 5.81. The molecule has 2 atom stereocenters. The van der Waals surface area contributed by atoms with Gasteiger partial charge in [-0.25, -0.2) is 0 Å². The quantitative estimate of drug-likeness (QED) is 0.520. The van der Waals surface area contributed by atoms with E-state index >= 15 is 0 Å². The topological polar surface area (TPSA) is 43.1 Å². The summed E-state index contributed by atoms with van der Waals surface area (Å²) in [5.41, 5.74) is 5.57. The standard InChI is InChI=1S/C7H13NO/c1-5-2-3-6(8)4-7(5)9/h5-6H,2-4,8H2,1H3. The zero-order chi connectivity index (χ0) is 6.85. The second-order valence-electron chi connectivity index (χ2n) is 2.91. The summed E-state index contributed by atoms with van der Waals surface area (Å²) in [6.07, 6.45) is 2.61. The van der Waals surface area contributed by atoms with Crippen LogP contribution >= 0.6 is 0 Å². The van der Waals surface area contributed by atoms with Gasteiger partial charge in [0.2, 0.25) is 0 Å². The van der Waals surface area contributed by atoms with Gasteiger partial charge in [-0.3, -0.25) is 4.79 Å². The molecule has 0 radical (unpaired) electrons. The first-order valence-corrected chi connectivity index (χ1v) is 3.48. The number of hydrogen-bond donors (Lipinski definition) is 1. The molecule has 0 aromatic rings. The van der Waals surface area contributed by atoms with Gasteiger partial charge in [0.05, 0.1) is 0 Å². The highest BCUT2D eigenvalue weighted by atomic mass is 16.1. The lowest BCUT2D eigenvalue weighted by atomic mass is 9.87. The molecule has 2 N–H and O–H groups in total. The van der Waals surface area contributed by atoms with E-state index in [1.54, 1.807) is 0 Å². The van der Waals surface area contributed by atoms with Gasteiger partial charge in [-0.05, 0) is 12.8 Å². The molecule has 0 bridgehead atoms. The van der Waals surface area contributed by atoms with E-state index in [1.807, 2.05) is 6.92 Å². The fourth-order valence-electron chi connectivity index (χ4n) is 1.19. The van der Waals surface area contributed by atoms with Crippen molar-refractivity contribution in [1.82, 2.24) is 0 Å². The number of carbonyl (C=O) groups excluding carboxylic acids is 1. The molecule has 2 heteroatoms. The van der Waals surface area contributed by atoms with E-state index in [0.717, 1.165) is 12.8 Å². The molecule has 1 aliphatic carbocycles. The molecule has 0 amide bonds. The molecule has 0 aromatic heterocycles. The molecule has 0 aromatic carbocycles. The second-order valence-corrected chi connectivity index (χ2v) is 2.91. The van der Waals surface area contributed by atoms with Gasteiger partial charge >= 0.3 is 0 Å². The van der Waals surface area contributed by atoms with E-state index in [-0.39, 0.29) is 12.0 Å². The van der Waals surface area contributed by atoms with Crippen molar-refractivity contribution in [3.8, 4) is 0 Å². The van der Waals surface area contributed by atoms with Crippen molar-refractivity contribution < 1.29 is 4.79 Å². The fourth-order valence-corrected chi connectivity index (χ4v) is 1.19. The number of ketones is 1. The van der Waals surface area contributed by atoms with Crippen LogP contribution in [0.25, 0.3) is 0 Å². The van der Waals surface area contributed by atoms with Gasteiger partial charge < -0.3 is 5.73 Å². The zero-order valence-electron chi connectivity index (χ0n) is 5.76. The molecule has 0 spiro atoms. The lowest BCUT2D eigenvalue weighted by Crippen LogP contribution is -2.32. The summed E-state index contributed by atoms with van der Waals surface area (Å²) in [7, 11) is 0. The lowest BCUT2D eigenvalue weighted by Gasteiger charge is -2.21. The summed E-state index contributed by atoms with van der Waals surface area (Å²) in [6.45, 7) is 1.98. The van der Waals surface area contributed by atoms with Gasteiger partial charge in [-0.15, -0.1) is 0 Å². The van der Waals surface area contributed by atoms with E-state index in [1.165, 1.54) is 0 Å². The molecule has 52 valence electrons. The van der Waals surface area contributed by atoms with Gasteiger partial charge in [0.25, 0.3) is 0 Å². The highest BCUT2D eigenvalue weighted by Crippen LogP contribution is 2.18. The molecule has 0 aliphatic heterocycles. The Balaban J connectivity index is 2.44. The van der Waals surface area contributed by atoms with Gasteiger partial charge in [0, 0.05) is 18.4 Å². The average molecular weight is 127 g/mol. The molecule has 9 heavy (non-hydrogen) atoms. The van der Waals surface area contributed by atoms with Gasteiger partial charge in [0.15, 0.2) is 0 Å².